The second kappa shape index (κ2) is 7.48. The van der Waals surface area contributed by atoms with Crippen molar-refractivity contribution in [2.75, 3.05) is 31.5 Å². The second-order valence-electron chi connectivity index (χ2n) is 7.75. The largest absolute Gasteiger partial charge is 0.466 e. The molecule has 1 atom stereocenters. The highest BCUT2D eigenvalue weighted by Crippen LogP contribution is 2.35. The van der Waals surface area contributed by atoms with Crippen molar-refractivity contribution in [3.05, 3.63) is 59.4 Å². The molecule has 2 aromatic carbocycles. The van der Waals surface area contributed by atoms with Gasteiger partial charge in [-0.3, -0.25) is 14.5 Å². The summed E-state index contributed by atoms with van der Waals surface area (Å²) in [5, 5.41) is 2.80. The van der Waals surface area contributed by atoms with E-state index in [-0.39, 0.29) is 11.7 Å². The van der Waals surface area contributed by atoms with E-state index in [1.54, 1.807) is 23.1 Å². The Morgan fingerprint density at radius 1 is 1.17 bits per heavy atom. The quantitative estimate of drug-likeness (QED) is 0.809. The minimum Gasteiger partial charge on any atom is -0.466 e. The zero-order valence-electron chi connectivity index (χ0n) is 16.6. The van der Waals surface area contributed by atoms with Gasteiger partial charge in [0.15, 0.2) is 0 Å². The molecule has 0 aliphatic carbocycles. The Morgan fingerprint density at radius 2 is 1.90 bits per heavy atom. The molecule has 2 aliphatic heterocycles. The van der Waals surface area contributed by atoms with Crippen molar-refractivity contribution in [3.63, 3.8) is 0 Å². The number of benzene rings is 2. The average Bonchev–Trinajstić information content (AvgIpc) is 2.71. The van der Waals surface area contributed by atoms with Crippen LogP contribution in [0.1, 0.15) is 18.1 Å². The minimum absolute atomic E-state index is 0.223. The minimum atomic E-state index is -1.60. The lowest BCUT2D eigenvalue weighted by atomic mass is 9.99. The standard InChI is InChI=1S/C22H24FN3O3/c1-15-7-8-19-18(13-15)24-20(27)22(2,29-19)21(28)26-11-9-25(10-12-26)14-16-5-3-4-6-17(16)23/h3-8,13H,9-12,14H2,1-2H3,(H,24,27). The lowest BCUT2D eigenvalue weighted by molar-refractivity contribution is -0.155. The highest BCUT2D eigenvalue weighted by Gasteiger charge is 2.49. The zero-order valence-corrected chi connectivity index (χ0v) is 16.6. The van der Waals surface area contributed by atoms with Gasteiger partial charge in [0, 0.05) is 38.3 Å². The number of nitrogens with zero attached hydrogens (tertiary/aromatic N) is 2. The number of amides is 2. The number of aryl methyl sites for hydroxylation is 1. The van der Waals surface area contributed by atoms with Gasteiger partial charge in [-0.05, 0) is 37.6 Å². The fourth-order valence-electron chi connectivity index (χ4n) is 3.76. The molecule has 1 saturated heterocycles. The van der Waals surface area contributed by atoms with E-state index < -0.39 is 11.5 Å². The third-order valence-corrected chi connectivity index (χ3v) is 5.55. The molecule has 0 spiro atoms. The summed E-state index contributed by atoms with van der Waals surface area (Å²) in [6.07, 6.45) is 0. The third kappa shape index (κ3) is 3.70. The van der Waals surface area contributed by atoms with Gasteiger partial charge in [-0.2, -0.15) is 0 Å². The van der Waals surface area contributed by atoms with E-state index in [2.05, 4.69) is 10.2 Å². The molecule has 6 nitrogen and oxygen atoms in total. The van der Waals surface area contributed by atoms with Crippen LogP contribution in [0.3, 0.4) is 0 Å². The van der Waals surface area contributed by atoms with Crippen molar-refractivity contribution < 1.29 is 18.7 Å². The molecule has 7 heteroatoms. The van der Waals surface area contributed by atoms with Crippen LogP contribution in [0.15, 0.2) is 42.5 Å². The maximum Gasteiger partial charge on any atom is 0.278 e. The van der Waals surface area contributed by atoms with Crippen molar-refractivity contribution >= 4 is 17.5 Å². The van der Waals surface area contributed by atoms with E-state index in [0.717, 1.165) is 5.56 Å². The van der Waals surface area contributed by atoms with Crippen molar-refractivity contribution in [1.29, 1.82) is 0 Å². The first kappa shape index (κ1) is 19.4. The predicted molar refractivity (Wildman–Crippen MR) is 107 cm³/mol. The Kier molecular flexibility index (Phi) is 5.00. The van der Waals surface area contributed by atoms with Crippen LogP contribution in [-0.2, 0) is 16.1 Å². The Morgan fingerprint density at radius 3 is 2.62 bits per heavy atom. The number of hydrogen-bond acceptors (Lipinski definition) is 4. The maximum absolute atomic E-state index is 13.9. The Bertz CT molecular complexity index is 956. The molecule has 2 amide bonds. The van der Waals surface area contributed by atoms with Gasteiger partial charge in [0.2, 0.25) is 0 Å². The Hall–Kier alpha value is -2.93. The SMILES string of the molecule is Cc1ccc2c(c1)NC(=O)C(C)(C(=O)N1CCN(Cc3ccccc3F)CC1)O2. The van der Waals surface area contributed by atoms with Crippen LogP contribution < -0.4 is 10.1 Å². The van der Waals surface area contributed by atoms with Gasteiger partial charge in [0.25, 0.3) is 17.4 Å². The first-order valence-electron chi connectivity index (χ1n) is 9.73. The van der Waals surface area contributed by atoms with E-state index in [1.807, 2.05) is 25.1 Å². The molecule has 1 fully saturated rings. The van der Waals surface area contributed by atoms with Crippen LogP contribution in [0, 0.1) is 12.7 Å². The lowest BCUT2D eigenvalue weighted by Crippen LogP contribution is -2.62. The van der Waals surface area contributed by atoms with Crippen LogP contribution >= 0.6 is 0 Å². The molecule has 1 unspecified atom stereocenters. The van der Waals surface area contributed by atoms with Crippen LogP contribution in [-0.4, -0.2) is 53.4 Å². The van der Waals surface area contributed by atoms with Crippen molar-refractivity contribution in [3.8, 4) is 5.75 Å². The maximum atomic E-state index is 13.9. The molecular weight excluding hydrogens is 373 g/mol. The molecule has 1 N–H and O–H groups in total. The number of ether oxygens (including phenoxy) is 1. The fraction of sp³-hybridized carbons (Fsp3) is 0.364. The number of piperazine rings is 1. The van der Waals surface area contributed by atoms with Gasteiger partial charge in [-0.1, -0.05) is 24.3 Å². The van der Waals surface area contributed by atoms with Crippen molar-refractivity contribution in [2.24, 2.45) is 0 Å². The lowest BCUT2D eigenvalue weighted by Gasteiger charge is -2.40. The predicted octanol–water partition coefficient (Wildman–Crippen LogP) is 2.57. The molecule has 2 heterocycles. The van der Waals surface area contributed by atoms with Crippen LogP contribution in [0.4, 0.5) is 10.1 Å². The first-order valence-corrected chi connectivity index (χ1v) is 9.73. The van der Waals surface area contributed by atoms with E-state index >= 15 is 0 Å². The number of hydrogen-bond donors (Lipinski definition) is 1. The van der Waals surface area contributed by atoms with Gasteiger partial charge < -0.3 is 15.0 Å². The van der Waals surface area contributed by atoms with Crippen LogP contribution in [0.2, 0.25) is 0 Å². The van der Waals surface area contributed by atoms with Gasteiger partial charge >= 0.3 is 0 Å². The number of rotatable bonds is 3. The average molecular weight is 397 g/mol. The van der Waals surface area contributed by atoms with Crippen molar-refractivity contribution in [1.82, 2.24) is 9.80 Å². The summed E-state index contributed by atoms with van der Waals surface area (Å²) >= 11 is 0. The van der Waals surface area contributed by atoms with E-state index in [9.17, 15) is 14.0 Å². The zero-order chi connectivity index (χ0) is 20.6. The molecule has 2 aromatic rings. The number of halogens is 1. The third-order valence-electron chi connectivity index (χ3n) is 5.55. The summed E-state index contributed by atoms with van der Waals surface area (Å²) in [6, 6.07) is 12.2. The summed E-state index contributed by atoms with van der Waals surface area (Å²) < 4.78 is 19.8. The molecule has 0 bridgehead atoms. The first-order chi connectivity index (χ1) is 13.9. The van der Waals surface area contributed by atoms with Gasteiger partial charge in [0.1, 0.15) is 11.6 Å². The van der Waals surface area contributed by atoms with Crippen LogP contribution in [0.25, 0.3) is 0 Å². The smallest absolute Gasteiger partial charge is 0.278 e. The Balaban J connectivity index is 1.42. The molecule has 0 aromatic heterocycles. The molecule has 29 heavy (non-hydrogen) atoms. The molecule has 0 radical (unpaired) electrons. The number of carbonyl (C=O) groups excluding carboxylic acids is 2. The topological polar surface area (TPSA) is 61.9 Å². The summed E-state index contributed by atoms with van der Waals surface area (Å²) in [7, 11) is 0. The summed E-state index contributed by atoms with van der Waals surface area (Å²) in [4.78, 5) is 29.6. The van der Waals surface area contributed by atoms with Crippen LogP contribution in [0.5, 0.6) is 5.75 Å². The Labute approximate surface area is 169 Å². The molecule has 2 aliphatic rings. The monoisotopic (exact) mass is 397 g/mol. The fourth-order valence-corrected chi connectivity index (χ4v) is 3.76. The second-order valence-corrected chi connectivity index (χ2v) is 7.75. The van der Waals surface area contributed by atoms with Gasteiger partial charge in [-0.15, -0.1) is 0 Å². The molecular formula is C22H24FN3O3. The molecule has 4 rings (SSSR count). The summed E-state index contributed by atoms with van der Waals surface area (Å²) in [6.45, 7) is 6.06. The summed E-state index contributed by atoms with van der Waals surface area (Å²) in [5.41, 5.74) is 0.611. The van der Waals surface area contributed by atoms with Crippen molar-refractivity contribution in [2.45, 2.75) is 26.0 Å². The van der Waals surface area contributed by atoms with E-state index in [1.165, 1.54) is 13.0 Å². The summed E-state index contributed by atoms with van der Waals surface area (Å²) in [5.74, 6) is -0.551. The van der Waals surface area contributed by atoms with Gasteiger partial charge in [0.05, 0.1) is 5.69 Å². The number of anilines is 1. The highest BCUT2D eigenvalue weighted by atomic mass is 19.1. The number of nitrogens with one attached hydrogen (secondary N) is 1. The molecule has 0 saturated carbocycles. The van der Waals surface area contributed by atoms with E-state index in [4.69, 9.17) is 4.74 Å². The number of fused-ring (bicyclic) bond motifs is 1. The van der Waals surface area contributed by atoms with E-state index in [0.29, 0.717) is 49.7 Å². The normalized spacial score (nSPS) is 21.9. The highest BCUT2D eigenvalue weighted by molar-refractivity contribution is 6.15. The van der Waals surface area contributed by atoms with Gasteiger partial charge in [-0.25, -0.2) is 4.39 Å². The number of carbonyl (C=O) groups is 2. The molecule has 152 valence electrons.